The van der Waals surface area contributed by atoms with Crippen LogP contribution in [0.5, 0.6) is 0 Å². The molecule has 0 rings (SSSR count). The van der Waals surface area contributed by atoms with E-state index in [4.69, 9.17) is 9.47 Å². The fourth-order valence-electron chi connectivity index (χ4n) is 2.37. The highest BCUT2D eigenvalue weighted by molar-refractivity contribution is 7.80. The summed E-state index contributed by atoms with van der Waals surface area (Å²) in [5.41, 5.74) is 0. The number of hydrogen-bond acceptors (Lipinski definition) is 5. The van der Waals surface area contributed by atoms with Crippen molar-refractivity contribution in [3.05, 3.63) is 0 Å². The standard InChI is InChI=1S/C19H36O4S/c1-3-5-7-9-11-13-18(20)22-15-17(16-24)23-19(21)14-12-10-8-6-4-2/h17,24H,3-16H2,1-2H3. The molecule has 0 fully saturated rings. The maximum Gasteiger partial charge on any atom is 0.306 e. The molecule has 142 valence electrons. The van der Waals surface area contributed by atoms with Crippen LogP contribution in [0.2, 0.25) is 0 Å². The number of thiol groups is 1. The van der Waals surface area contributed by atoms with Gasteiger partial charge in [0.15, 0.2) is 0 Å². The van der Waals surface area contributed by atoms with Crippen LogP contribution in [-0.4, -0.2) is 30.4 Å². The monoisotopic (exact) mass is 360 g/mol. The predicted molar refractivity (Wildman–Crippen MR) is 101 cm³/mol. The van der Waals surface area contributed by atoms with Crippen molar-refractivity contribution >= 4 is 24.6 Å². The smallest absolute Gasteiger partial charge is 0.306 e. The molecular formula is C19H36O4S. The summed E-state index contributed by atoms with van der Waals surface area (Å²) in [7, 11) is 0. The van der Waals surface area contributed by atoms with Crippen molar-refractivity contribution < 1.29 is 19.1 Å². The first kappa shape index (κ1) is 23.3. The van der Waals surface area contributed by atoms with Gasteiger partial charge < -0.3 is 9.47 Å². The molecule has 0 aliphatic heterocycles. The molecule has 0 aromatic rings. The minimum absolute atomic E-state index is 0.110. The third kappa shape index (κ3) is 14.9. The van der Waals surface area contributed by atoms with Gasteiger partial charge in [0.25, 0.3) is 0 Å². The van der Waals surface area contributed by atoms with Gasteiger partial charge in [-0.15, -0.1) is 0 Å². The molecule has 0 aliphatic carbocycles. The zero-order chi connectivity index (χ0) is 18.0. The fraction of sp³-hybridized carbons (Fsp3) is 0.895. The minimum Gasteiger partial charge on any atom is -0.462 e. The van der Waals surface area contributed by atoms with Gasteiger partial charge in [0.1, 0.15) is 12.7 Å². The third-order valence-corrected chi connectivity index (χ3v) is 4.31. The highest BCUT2D eigenvalue weighted by atomic mass is 32.1. The number of carbonyl (C=O) groups excluding carboxylic acids is 2. The second-order valence-corrected chi connectivity index (χ2v) is 6.67. The van der Waals surface area contributed by atoms with Gasteiger partial charge in [-0.1, -0.05) is 65.2 Å². The molecule has 0 aromatic carbocycles. The normalized spacial score (nSPS) is 12.0. The van der Waals surface area contributed by atoms with Crippen molar-refractivity contribution in [1.29, 1.82) is 0 Å². The molecule has 0 N–H and O–H groups in total. The lowest BCUT2D eigenvalue weighted by molar-refractivity contribution is -0.157. The van der Waals surface area contributed by atoms with E-state index in [0.29, 0.717) is 18.6 Å². The zero-order valence-electron chi connectivity index (χ0n) is 15.6. The first-order valence-electron chi connectivity index (χ1n) is 9.59. The largest absolute Gasteiger partial charge is 0.462 e. The fourth-order valence-corrected chi connectivity index (χ4v) is 2.55. The van der Waals surface area contributed by atoms with E-state index < -0.39 is 6.10 Å². The predicted octanol–water partition coefficient (Wildman–Crippen LogP) is 5.09. The molecule has 0 spiro atoms. The SMILES string of the molecule is CCCCCCCC(=O)OCC(CS)OC(=O)CCCCCCC. The van der Waals surface area contributed by atoms with E-state index in [-0.39, 0.29) is 18.5 Å². The van der Waals surface area contributed by atoms with E-state index >= 15 is 0 Å². The van der Waals surface area contributed by atoms with Gasteiger partial charge in [-0.2, -0.15) is 12.6 Å². The number of carbonyl (C=O) groups is 2. The minimum atomic E-state index is -0.444. The summed E-state index contributed by atoms with van der Waals surface area (Å²) in [6.07, 6.45) is 11.4. The van der Waals surface area contributed by atoms with E-state index in [1.54, 1.807) is 0 Å². The Labute approximate surface area is 153 Å². The Hall–Kier alpha value is -0.710. The van der Waals surface area contributed by atoms with Gasteiger partial charge >= 0.3 is 11.9 Å². The Bertz CT molecular complexity index is 320. The van der Waals surface area contributed by atoms with Crippen LogP contribution >= 0.6 is 12.6 Å². The van der Waals surface area contributed by atoms with Crippen molar-refractivity contribution in [3.63, 3.8) is 0 Å². The van der Waals surface area contributed by atoms with Gasteiger partial charge in [0, 0.05) is 18.6 Å². The second kappa shape index (κ2) is 17.1. The number of hydrogen-bond donors (Lipinski definition) is 1. The molecule has 4 nitrogen and oxygen atoms in total. The summed E-state index contributed by atoms with van der Waals surface area (Å²) in [6, 6.07) is 0. The van der Waals surface area contributed by atoms with Gasteiger partial charge in [0.2, 0.25) is 0 Å². The Morgan fingerprint density at radius 3 is 1.79 bits per heavy atom. The maximum absolute atomic E-state index is 11.8. The Kier molecular flexibility index (Phi) is 16.6. The topological polar surface area (TPSA) is 52.6 Å². The summed E-state index contributed by atoms with van der Waals surface area (Å²) in [4.78, 5) is 23.4. The maximum atomic E-state index is 11.8. The average Bonchev–Trinajstić information content (AvgIpc) is 2.58. The summed E-state index contributed by atoms with van der Waals surface area (Å²) in [5, 5.41) is 0. The zero-order valence-corrected chi connectivity index (χ0v) is 16.5. The molecule has 1 unspecified atom stereocenters. The highest BCUT2D eigenvalue weighted by Gasteiger charge is 2.15. The lowest BCUT2D eigenvalue weighted by atomic mass is 10.1. The number of rotatable bonds is 16. The van der Waals surface area contributed by atoms with Crippen LogP contribution in [-0.2, 0) is 19.1 Å². The van der Waals surface area contributed by atoms with Gasteiger partial charge in [-0.05, 0) is 12.8 Å². The first-order chi connectivity index (χ1) is 11.6. The lowest BCUT2D eigenvalue weighted by Gasteiger charge is -2.16. The van der Waals surface area contributed by atoms with E-state index in [9.17, 15) is 9.59 Å². The number of unbranched alkanes of at least 4 members (excludes halogenated alkanes) is 8. The van der Waals surface area contributed by atoms with Crippen molar-refractivity contribution in [1.82, 2.24) is 0 Å². The van der Waals surface area contributed by atoms with Crippen LogP contribution in [0.3, 0.4) is 0 Å². The molecule has 1 atom stereocenters. The van der Waals surface area contributed by atoms with Crippen LogP contribution in [0, 0.1) is 0 Å². The summed E-state index contributed by atoms with van der Waals surface area (Å²) >= 11 is 4.17. The molecule has 0 aliphatic rings. The molecule has 0 aromatic heterocycles. The van der Waals surface area contributed by atoms with Gasteiger partial charge in [-0.25, -0.2) is 0 Å². The molecule has 0 amide bonds. The van der Waals surface area contributed by atoms with Crippen LogP contribution in [0.25, 0.3) is 0 Å². The van der Waals surface area contributed by atoms with E-state index in [2.05, 4.69) is 26.5 Å². The molecule has 0 heterocycles. The summed E-state index contributed by atoms with van der Waals surface area (Å²) in [5.74, 6) is -0.0687. The molecule has 5 heteroatoms. The van der Waals surface area contributed by atoms with Gasteiger partial charge in [0.05, 0.1) is 0 Å². The summed E-state index contributed by atoms with van der Waals surface area (Å²) in [6.45, 7) is 4.44. The molecule has 0 saturated heterocycles. The van der Waals surface area contributed by atoms with Crippen molar-refractivity contribution in [2.75, 3.05) is 12.4 Å². The molecular weight excluding hydrogens is 324 g/mol. The van der Waals surface area contributed by atoms with Crippen LogP contribution in [0.1, 0.15) is 90.9 Å². The van der Waals surface area contributed by atoms with Crippen molar-refractivity contribution in [3.8, 4) is 0 Å². The Balaban J connectivity index is 3.73. The molecule has 0 saturated carbocycles. The second-order valence-electron chi connectivity index (χ2n) is 6.31. The average molecular weight is 361 g/mol. The molecule has 0 bridgehead atoms. The number of ether oxygens (including phenoxy) is 2. The highest BCUT2D eigenvalue weighted by Crippen LogP contribution is 2.09. The summed E-state index contributed by atoms with van der Waals surface area (Å²) < 4.78 is 10.5. The van der Waals surface area contributed by atoms with E-state index in [0.717, 1.165) is 32.1 Å². The van der Waals surface area contributed by atoms with E-state index in [1.165, 1.54) is 32.1 Å². The molecule has 0 radical (unpaired) electrons. The van der Waals surface area contributed by atoms with Crippen LogP contribution in [0.15, 0.2) is 0 Å². The van der Waals surface area contributed by atoms with Crippen LogP contribution in [0.4, 0.5) is 0 Å². The first-order valence-corrected chi connectivity index (χ1v) is 10.2. The third-order valence-electron chi connectivity index (χ3n) is 3.90. The number of esters is 2. The lowest BCUT2D eigenvalue weighted by Crippen LogP contribution is -2.26. The Morgan fingerprint density at radius 2 is 1.29 bits per heavy atom. The van der Waals surface area contributed by atoms with Crippen molar-refractivity contribution in [2.45, 2.75) is 97.0 Å². The van der Waals surface area contributed by atoms with E-state index in [1.807, 2.05) is 0 Å². The molecule has 24 heavy (non-hydrogen) atoms. The quantitative estimate of drug-likeness (QED) is 0.236. The van der Waals surface area contributed by atoms with Crippen molar-refractivity contribution in [2.24, 2.45) is 0 Å². The van der Waals surface area contributed by atoms with Gasteiger partial charge in [-0.3, -0.25) is 9.59 Å². The van der Waals surface area contributed by atoms with Crippen LogP contribution < -0.4 is 0 Å². The Morgan fingerprint density at radius 1 is 0.792 bits per heavy atom.